The number of halogens is 10. The van der Waals surface area contributed by atoms with Crippen molar-refractivity contribution in [2.45, 2.75) is 19.8 Å². The quantitative estimate of drug-likeness (QED) is 0.0375. The van der Waals surface area contributed by atoms with Gasteiger partial charge in [0.1, 0.15) is 131 Å². The molecule has 0 bridgehead atoms. The fraction of sp³-hybridized carbons (Fsp3) is 0.0495. The van der Waals surface area contributed by atoms with Gasteiger partial charge >= 0.3 is 7.12 Å². The number of hydrogen-bond donors (Lipinski definition) is 4. The third kappa shape index (κ3) is 31.8. The number of alkyl halides is 3. The molecule has 0 aliphatic heterocycles. The summed E-state index contributed by atoms with van der Waals surface area (Å²) in [4.78, 5) is 0. The van der Waals surface area contributed by atoms with E-state index in [-0.39, 0.29) is 44.9 Å². The number of benzene rings is 15. The molecule has 4 N–H and O–H groups in total. The summed E-state index contributed by atoms with van der Waals surface area (Å²) < 4.78 is 104. The topological polar surface area (TPSA) is 261 Å². The van der Waals surface area contributed by atoms with Crippen LogP contribution in [-0.4, -0.2) is 37.1 Å². The van der Waals surface area contributed by atoms with E-state index in [4.69, 9.17) is 70.8 Å². The van der Waals surface area contributed by atoms with Crippen molar-refractivity contribution in [1.82, 2.24) is 0 Å². The van der Waals surface area contributed by atoms with Crippen LogP contribution in [0, 0.1) is 103 Å². The van der Waals surface area contributed by atoms with Gasteiger partial charge in [-0.2, -0.15) is 31.6 Å². The summed E-state index contributed by atoms with van der Waals surface area (Å²) in [6, 6.07) is 109. The maximum absolute atomic E-state index is 13.7. The maximum atomic E-state index is 13.7. The Morgan fingerprint density at radius 1 is 0.262 bits per heavy atom. The Bertz CT molecular complexity index is 6020. The molecule has 0 aliphatic carbocycles. The average molecular weight is 1940 g/mol. The highest BCUT2D eigenvalue weighted by Crippen LogP contribution is 2.31. The molecule has 126 heavy (non-hydrogen) atoms. The minimum Gasteiger partial charge on any atom is -0.508 e. The fourth-order valence-electron chi connectivity index (χ4n) is 11.1. The summed E-state index contributed by atoms with van der Waals surface area (Å²) in [5, 5.41) is 87.8. The molecular weight excluding hydrogens is 1870 g/mol. The number of nitrogens with zero attached hydrogens (tertiary/aromatic N) is 6. The second-order valence-electron chi connectivity index (χ2n) is 26.1. The number of nitriles is 6. The largest absolute Gasteiger partial charge is 0.508 e. The van der Waals surface area contributed by atoms with Crippen LogP contribution in [0.15, 0.2) is 350 Å². The van der Waals surface area contributed by atoms with E-state index in [1.54, 1.807) is 109 Å². The first-order valence-electron chi connectivity index (χ1n) is 37.6. The van der Waals surface area contributed by atoms with Gasteiger partial charge in [0.25, 0.3) is 0 Å². The van der Waals surface area contributed by atoms with E-state index in [1.807, 2.05) is 176 Å². The van der Waals surface area contributed by atoms with Gasteiger partial charge < -0.3 is 39.2 Å². The minimum absolute atomic E-state index is 0.0301. The molecular formula is C101H71BBr4F6N6O8. The maximum Gasteiger partial charge on any atom is 0.488 e. The van der Waals surface area contributed by atoms with Gasteiger partial charge in [-0.1, -0.05) is 242 Å². The summed E-state index contributed by atoms with van der Waals surface area (Å²) in [6.07, 6.45) is 0. The van der Waals surface area contributed by atoms with Crippen molar-refractivity contribution in [3.8, 4) is 127 Å². The zero-order chi connectivity index (χ0) is 90.5. The van der Waals surface area contributed by atoms with Crippen LogP contribution in [0.5, 0.6) is 34.5 Å². The summed E-state index contributed by atoms with van der Waals surface area (Å²) in [5.41, 5.74) is 12.2. The number of rotatable bonds is 17. The minimum atomic E-state index is -1.43. The van der Waals surface area contributed by atoms with Gasteiger partial charge in [0.2, 0.25) is 0 Å². The van der Waals surface area contributed by atoms with E-state index in [1.165, 1.54) is 97.1 Å². The first-order chi connectivity index (χ1) is 61.1. The van der Waals surface area contributed by atoms with Gasteiger partial charge in [0, 0.05) is 4.47 Å². The van der Waals surface area contributed by atoms with Crippen molar-refractivity contribution in [2.24, 2.45) is 0 Å². The Morgan fingerprint density at radius 2 is 0.468 bits per heavy atom. The predicted molar refractivity (Wildman–Crippen MR) is 491 cm³/mol. The molecule has 0 spiro atoms. The Labute approximate surface area is 759 Å². The molecule has 0 aromatic heterocycles. The molecule has 14 nitrogen and oxygen atoms in total. The summed E-state index contributed by atoms with van der Waals surface area (Å²) in [6.45, 7) is 1.51. The second-order valence-corrected chi connectivity index (χ2v) is 30.1. The summed E-state index contributed by atoms with van der Waals surface area (Å²) in [5.74, 6) is 0.217. The van der Waals surface area contributed by atoms with Crippen LogP contribution in [0.2, 0.25) is 0 Å². The predicted octanol–water partition coefficient (Wildman–Crippen LogP) is 25.3. The van der Waals surface area contributed by atoms with Crippen molar-refractivity contribution in [3.63, 3.8) is 0 Å². The van der Waals surface area contributed by atoms with Gasteiger partial charge in [0.05, 0.1) is 37.6 Å². The van der Waals surface area contributed by atoms with Crippen LogP contribution < -0.4 is 24.4 Å². The van der Waals surface area contributed by atoms with Crippen LogP contribution in [0.4, 0.5) is 26.3 Å². The Hall–Kier alpha value is -14.5. The molecule has 0 unspecified atom stereocenters. The SMILES string of the molecule is BrCBr.N#Cc1ccc(-c2ccc(O)cc2)cc1F.N#Cc1ccc(-c2ccc(O)cc2)cc1F.N#Cc1ccc(-c2ccc(OCBr)cc2)cc1F.N#Cc1ccc(-c2ccc(OCc3ccccc3)cc2)cc1F.N#Cc1ccc(-c2ccc(OCc3ccccc3)cc2)cc1F.N#Cc1ccc(Br)cc1F.OB(O)c1ccc(OCc2ccccc2)cc1. The van der Waals surface area contributed by atoms with E-state index in [0.717, 1.165) is 82.7 Å². The highest BCUT2D eigenvalue weighted by atomic mass is 79.9. The lowest BCUT2D eigenvalue weighted by molar-refractivity contribution is 0.306. The molecule has 0 atom stereocenters. The van der Waals surface area contributed by atoms with Crippen LogP contribution >= 0.6 is 63.7 Å². The molecule has 0 radical (unpaired) electrons. The number of hydrogen-bond acceptors (Lipinski definition) is 14. The van der Waals surface area contributed by atoms with Gasteiger partial charge in [0.15, 0.2) is 0 Å². The molecule has 0 saturated heterocycles. The molecule has 15 rings (SSSR count). The van der Waals surface area contributed by atoms with Gasteiger partial charge in [-0.05, 0) is 245 Å². The standard InChI is InChI=1S/2C20H14FNO.C14H9BrFNO.C13H13BO3.2C13H8FNO.C7H3BrFN.CH2Br2/c2*21-20-12-17(6-7-18(20)13-22)16-8-10-19(11-9-16)23-14-15-4-2-1-3-5-15;15-9-18-13-5-3-10(4-6-13)11-1-2-12(8-17)14(16)7-11;15-14(16)12-6-8-13(9-7-12)17-10-11-4-2-1-3-5-11;2*14-13-7-10(1-2-11(13)8-15)9-3-5-12(16)6-4-9;8-6-2-1-5(4-10)7(9)3-6;2-1-3/h2*1-12H,14H2;1-7H,9H2;1-9,15-16H,10H2;2*1-7,16H;1-3H;1H2. The number of aromatic hydroxyl groups is 2. The molecule has 0 aliphatic rings. The van der Waals surface area contributed by atoms with E-state index in [9.17, 15) is 26.3 Å². The summed E-state index contributed by atoms with van der Waals surface area (Å²) in [7, 11) is -1.43. The third-order valence-electron chi connectivity index (χ3n) is 17.6. The molecule has 15 aromatic rings. The number of phenols is 2. The molecule has 0 fully saturated rings. The van der Waals surface area contributed by atoms with Crippen molar-refractivity contribution >= 4 is 76.3 Å². The summed E-state index contributed by atoms with van der Waals surface area (Å²) >= 11 is 12.4. The molecule has 626 valence electrons. The smallest absolute Gasteiger partial charge is 0.488 e. The zero-order valence-corrected chi connectivity index (χ0v) is 72.8. The molecule has 25 heteroatoms. The van der Waals surface area contributed by atoms with Crippen molar-refractivity contribution in [3.05, 3.63) is 435 Å². The van der Waals surface area contributed by atoms with Crippen LogP contribution in [0.25, 0.3) is 55.6 Å². The van der Waals surface area contributed by atoms with E-state index >= 15 is 0 Å². The first kappa shape index (κ1) is 97.0. The fourth-order valence-corrected chi connectivity index (χ4v) is 11.7. The highest BCUT2D eigenvalue weighted by molar-refractivity contribution is 9.24. The van der Waals surface area contributed by atoms with Crippen LogP contribution in [0.1, 0.15) is 50.1 Å². The molecule has 15 aromatic carbocycles. The first-order valence-corrected chi connectivity index (χ1v) is 41.7. The molecule has 0 amide bonds. The Kier molecular flexibility index (Phi) is 40.1. The molecule has 0 heterocycles. The monoisotopic (exact) mass is 1940 g/mol. The average Bonchev–Trinajstić information content (AvgIpc) is 0.854. The normalized spacial score (nSPS) is 9.76. The van der Waals surface area contributed by atoms with E-state index < -0.39 is 42.0 Å². The third-order valence-corrected chi connectivity index (χ3v) is 18.3. The molecule has 0 saturated carbocycles. The highest BCUT2D eigenvalue weighted by Gasteiger charge is 2.13. The number of phenolic OH excluding ortho intramolecular Hbond substituents is 2. The lowest BCUT2D eigenvalue weighted by Gasteiger charge is -2.08. The Morgan fingerprint density at radius 3 is 0.683 bits per heavy atom. The van der Waals surface area contributed by atoms with Crippen molar-refractivity contribution in [1.29, 1.82) is 31.6 Å². The number of ether oxygens (including phenoxy) is 4. The lowest BCUT2D eigenvalue weighted by atomic mass is 9.80. The van der Waals surface area contributed by atoms with Crippen molar-refractivity contribution < 1.29 is 65.6 Å². The van der Waals surface area contributed by atoms with Gasteiger partial charge in [-0.3, -0.25) is 0 Å². The lowest BCUT2D eigenvalue weighted by Crippen LogP contribution is -2.29. The Balaban J connectivity index is 0.000000183. The van der Waals surface area contributed by atoms with Gasteiger partial charge in [-0.15, -0.1) is 0 Å². The van der Waals surface area contributed by atoms with Crippen LogP contribution in [0.3, 0.4) is 0 Å². The zero-order valence-electron chi connectivity index (χ0n) is 66.4. The second kappa shape index (κ2) is 52.1. The van der Waals surface area contributed by atoms with E-state index in [2.05, 4.69) is 63.7 Å². The van der Waals surface area contributed by atoms with Crippen LogP contribution in [-0.2, 0) is 19.8 Å². The van der Waals surface area contributed by atoms with E-state index in [0.29, 0.717) is 52.1 Å². The van der Waals surface area contributed by atoms with Gasteiger partial charge in [-0.25, -0.2) is 26.3 Å². The van der Waals surface area contributed by atoms with Crippen molar-refractivity contribution in [2.75, 3.05) is 9.76 Å².